The zero-order valence-electron chi connectivity index (χ0n) is 18.9. The van der Waals surface area contributed by atoms with Gasteiger partial charge in [-0.1, -0.05) is 48.5 Å². The second kappa shape index (κ2) is 8.83. The number of benzene rings is 3. The Morgan fingerprint density at radius 1 is 0.912 bits per heavy atom. The zero-order chi connectivity index (χ0) is 23.7. The van der Waals surface area contributed by atoms with E-state index in [9.17, 15) is 9.59 Å². The van der Waals surface area contributed by atoms with Gasteiger partial charge in [-0.2, -0.15) is 5.10 Å². The van der Waals surface area contributed by atoms with Crippen molar-refractivity contribution in [3.8, 4) is 5.69 Å². The Morgan fingerprint density at radius 3 is 2.32 bits per heavy atom. The van der Waals surface area contributed by atoms with Crippen LogP contribution in [0.3, 0.4) is 0 Å². The van der Waals surface area contributed by atoms with Crippen LogP contribution >= 0.6 is 0 Å². The molecular formula is C28H23N3O3. The smallest absolute Gasteiger partial charge is 0.339 e. The number of esters is 1. The van der Waals surface area contributed by atoms with E-state index in [2.05, 4.69) is 10.1 Å². The number of hydrogen-bond donors (Lipinski definition) is 1. The largest absolute Gasteiger partial charge is 0.445 e. The molecule has 6 heteroatoms. The molecule has 168 valence electrons. The summed E-state index contributed by atoms with van der Waals surface area (Å²) in [4.78, 5) is 29.8. The number of nitrogens with one attached hydrogen (secondary N) is 1. The second-order valence-corrected chi connectivity index (χ2v) is 8.19. The molecule has 1 atom stereocenters. The predicted molar refractivity (Wildman–Crippen MR) is 130 cm³/mol. The number of aryl methyl sites for hydroxylation is 2. The topological polar surface area (TPSA) is 77.0 Å². The van der Waals surface area contributed by atoms with E-state index in [1.807, 2.05) is 79.2 Å². The molecule has 5 aromatic rings. The molecule has 6 nitrogen and oxygen atoms in total. The predicted octanol–water partition coefficient (Wildman–Crippen LogP) is 5.75. The summed E-state index contributed by atoms with van der Waals surface area (Å²) in [6.07, 6.45) is 0.601. The number of aromatic amines is 1. The maximum Gasteiger partial charge on any atom is 0.339 e. The molecular weight excluding hydrogens is 426 g/mol. The van der Waals surface area contributed by atoms with Crippen LogP contribution in [0.5, 0.6) is 0 Å². The zero-order valence-corrected chi connectivity index (χ0v) is 18.9. The average Bonchev–Trinajstić information content (AvgIpc) is 3.45. The van der Waals surface area contributed by atoms with Crippen LogP contribution in [-0.4, -0.2) is 26.5 Å². The molecule has 34 heavy (non-hydrogen) atoms. The second-order valence-electron chi connectivity index (χ2n) is 8.19. The third-order valence-corrected chi connectivity index (χ3v) is 5.78. The molecule has 1 N–H and O–H groups in total. The van der Waals surface area contributed by atoms with Gasteiger partial charge in [0, 0.05) is 33.9 Å². The fraction of sp³-hybridized carbons (Fsp3) is 0.107. The number of Topliss-reactive ketones (excluding diaryl/α,β-unsaturated/α-hetero) is 1. The number of ether oxygens (including phenoxy) is 1. The third-order valence-electron chi connectivity index (χ3n) is 5.78. The van der Waals surface area contributed by atoms with Crippen molar-refractivity contribution in [3.63, 3.8) is 0 Å². The number of nitrogens with zero attached hydrogens (tertiary/aromatic N) is 2. The van der Waals surface area contributed by atoms with Gasteiger partial charge in [-0.3, -0.25) is 4.79 Å². The highest BCUT2D eigenvalue weighted by molar-refractivity contribution is 6.11. The van der Waals surface area contributed by atoms with E-state index in [1.54, 1.807) is 30.5 Å². The van der Waals surface area contributed by atoms with Gasteiger partial charge >= 0.3 is 5.97 Å². The first kappa shape index (κ1) is 21.4. The quantitative estimate of drug-likeness (QED) is 0.264. The number of hydrogen-bond acceptors (Lipinski definition) is 4. The van der Waals surface area contributed by atoms with Crippen LogP contribution in [0.15, 0.2) is 91.1 Å². The normalized spacial score (nSPS) is 11.9. The van der Waals surface area contributed by atoms with Crippen molar-refractivity contribution in [2.45, 2.75) is 20.0 Å². The van der Waals surface area contributed by atoms with Crippen LogP contribution in [-0.2, 0) is 4.74 Å². The maximum atomic E-state index is 13.6. The van der Waals surface area contributed by atoms with Crippen molar-refractivity contribution in [2.24, 2.45) is 0 Å². The molecule has 2 heterocycles. The summed E-state index contributed by atoms with van der Waals surface area (Å²) in [7, 11) is 0. The van der Waals surface area contributed by atoms with Gasteiger partial charge in [-0.05, 0) is 50.2 Å². The summed E-state index contributed by atoms with van der Waals surface area (Å²) >= 11 is 0. The third kappa shape index (κ3) is 4.01. The van der Waals surface area contributed by atoms with Gasteiger partial charge in [0.15, 0.2) is 6.10 Å². The highest BCUT2D eigenvalue weighted by atomic mass is 16.5. The van der Waals surface area contributed by atoms with Gasteiger partial charge in [0.1, 0.15) is 0 Å². The molecule has 0 aliphatic heterocycles. The van der Waals surface area contributed by atoms with Gasteiger partial charge < -0.3 is 9.72 Å². The Kier molecular flexibility index (Phi) is 5.55. The van der Waals surface area contributed by atoms with Crippen molar-refractivity contribution < 1.29 is 14.3 Å². The van der Waals surface area contributed by atoms with Crippen LogP contribution in [0, 0.1) is 13.8 Å². The van der Waals surface area contributed by atoms with Crippen LogP contribution in [0.4, 0.5) is 0 Å². The van der Waals surface area contributed by atoms with Crippen molar-refractivity contribution in [1.29, 1.82) is 0 Å². The first-order chi connectivity index (χ1) is 16.5. The number of rotatable bonds is 6. The number of carbonyl (C=O) groups excluding carboxylic acids is 2. The first-order valence-corrected chi connectivity index (χ1v) is 11.0. The van der Waals surface area contributed by atoms with Crippen molar-refractivity contribution in [1.82, 2.24) is 14.8 Å². The number of aromatic nitrogens is 3. The molecule has 2 aromatic heterocycles. The van der Waals surface area contributed by atoms with E-state index in [0.717, 1.165) is 28.0 Å². The molecule has 0 bridgehead atoms. The minimum Gasteiger partial charge on any atom is -0.445 e. The van der Waals surface area contributed by atoms with Crippen molar-refractivity contribution >= 4 is 22.7 Å². The molecule has 3 aromatic carbocycles. The lowest BCUT2D eigenvalue weighted by Crippen LogP contribution is -2.20. The lowest BCUT2D eigenvalue weighted by Gasteiger charge is -2.17. The molecule has 0 spiro atoms. The summed E-state index contributed by atoms with van der Waals surface area (Å²) in [5.41, 5.74) is 5.07. The summed E-state index contributed by atoms with van der Waals surface area (Å²) in [5.74, 6) is -0.849. The van der Waals surface area contributed by atoms with Crippen LogP contribution in [0.1, 0.15) is 43.8 Å². The van der Waals surface area contributed by atoms with Gasteiger partial charge in [0.25, 0.3) is 0 Å². The first-order valence-electron chi connectivity index (χ1n) is 11.0. The summed E-state index contributed by atoms with van der Waals surface area (Å²) < 4.78 is 7.62. The fourth-order valence-electron chi connectivity index (χ4n) is 4.12. The van der Waals surface area contributed by atoms with E-state index in [4.69, 9.17) is 4.74 Å². The minimum atomic E-state index is -1.07. The Balaban J connectivity index is 1.44. The highest BCUT2D eigenvalue weighted by Crippen LogP contribution is 2.28. The van der Waals surface area contributed by atoms with E-state index in [-0.39, 0.29) is 5.78 Å². The maximum absolute atomic E-state index is 13.6. The highest BCUT2D eigenvalue weighted by Gasteiger charge is 2.28. The van der Waals surface area contributed by atoms with Crippen LogP contribution in [0.2, 0.25) is 0 Å². The molecule has 0 fully saturated rings. The van der Waals surface area contributed by atoms with Crippen LogP contribution < -0.4 is 0 Å². The van der Waals surface area contributed by atoms with Gasteiger partial charge in [0.2, 0.25) is 5.78 Å². The van der Waals surface area contributed by atoms with E-state index in [0.29, 0.717) is 16.7 Å². The standard InChI is InChI=1S/C28H23N3O3/c1-18-16-19(2)31(30-18)22-14-12-21(13-15-22)28(33)34-27(20-8-4-3-5-9-20)26(32)24-17-29-25-11-7-6-10-23(24)25/h3-17,27,29H,1-2H3/t27-/m1/s1. The molecule has 0 aliphatic carbocycles. The molecule has 0 radical (unpaired) electrons. The number of ketones is 1. The van der Waals surface area contributed by atoms with E-state index in [1.165, 1.54) is 0 Å². The average molecular weight is 450 g/mol. The molecule has 0 aliphatic rings. The number of fused-ring (bicyclic) bond motifs is 1. The molecule has 0 unspecified atom stereocenters. The number of para-hydroxylation sites is 1. The summed E-state index contributed by atoms with van der Waals surface area (Å²) in [5, 5.41) is 5.26. The van der Waals surface area contributed by atoms with E-state index >= 15 is 0 Å². The Labute approximate surface area is 196 Å². The Bertz CT molecular complexity index is 1480. The van der Waals surface area contributed by atoms with Crippen LogP contribution in [0.25, 0.3) is 16.6 Å². The summed E-state index contributed by atoms with van der Waals surface area (Å²) in [6.45, 7) is 3.91. The molecule has 0 saturated heterocycles. The minimum absolute atomic E-state index is 0.281. The van der Waals surface area contributed by atoms with Gasteiger partial charge in [-0.25, -0.2) is 9.48 Å². The van der Waals surface area contributed by atoms with E-state index < -0.39 is 12.1 Å². The monoisotopic (exact) mass is 449 g/mol. The van der Waals surface area contributed by atoms with Gasteiger partial charge in [0.05, 0.1) is 16.9 Å². The summed E-state index contributed by atoms with van der Waals surface area (Å²) in [6, 6.07) is 25.6. The molecule has 0 saturated carbocycles. The lowest BCUT2D eigenvalue weighted by molar-refractivity contribution is 0.0280. The fourth-order valence-corrected chi connectivity index (χ4v) is 4.12. The Morgan fingerprint density at radius 2 is 1.62 bits per heavy atom. The molecule has 0 amide bonds. The van der Waals surface area contributed by atoms with Gasteiger partial charge in [-0.15, -0.1) is 0 Å². The molecule has 5 rings (SSSR count). The number of H-pyrrole nitrogens is 1. The van der Waals surface area contributed by atoms with Crippen molar-refractivity contribution in [2.75, 3.05) is 0 Å². The lowest BCUT2D eigenvalue weighted by atomic mass is 9.99. The number of carbonyl (C=O) groups is 2. The SMILES string of the molecule is Cc1cc(C)n(-c2ccc(C(=O)O[C@@H](C(=O)c3c[nH]c4ccccc34)c3ccccc3)cc2)n1. The Hall–Kier alpha value is -4.45. The van der Waals surface area contributed by atoms with Crippen molar-refractivity contribution in [3.05, 3.63) is 119 Å².